The molecule has 1 aromatic carbocycles. The normalized spacial score (nSPS) is 11.0. The van der Waals surface area contributed by atoms with Crippen LogP contribution in [-0.4, -0.2) is 37.7 Å². The van der Waals surface area contributed by atoms with Crippen LogP contribution in [0.5, 0.6) is 0 Å². The minimum Gasteiger partial charge on any atom is -0.368 e. The van der Waals surface area contributed by atoms with E-state index < -0.39 is 0 Å². The fourth-order valence-electron chi connectivity index (χ4n) is 2.52. The summed E-state index contributed by atoms with van der Waals surface area (Å²) in [4.78, 5) is 12.9. The first-order valence-corrected chi connectivity index (χ1v) is 8.93. The Morgan fingerprint density at radius 3 is 2.77 bits per heavy atom. The van der Waals surface area contributed by atoms with Gasteiger partial charge in [0, 0.05) is 35.8 Å². The molecule has 0 saturated heterocycles. The van der Waals surface area contributed by atoms with E-state index in [9.17, 15) is 4.39 Å². The van der Waals surface area contributed by atoms with E-state index >= 15 is 0 Å². The molecule has 7 nitrogen and oxygen atoms in total. The molecule has 2 N–H and O–H groups in total. The topological polar surface area (TPSA) is 80.0 Å². The summed E-state index contributed by atoms with van der Waals surface area (Å²) in [6.45, 7) is 3.29. The number of nitrogens with zero attached hydrogens (tertiary/aromatic N) is 5. The van der Waals surface area contributed by atoms with Crippen LogP contribution in [0.15, 0.2) is 42.0 Å². The number of rotatable bonds is 6. The van der Waals surface area contributed by atoms with E-state index in [4.69, 9.17) is 0 Å². The van der Waals surface area contributed by atoms with Crippen molar-refractivity contribution in [3.63, 3.8) is 0 Å². The van der Waals surface area contributed by atoms with Gasteiger partial charge in [0.1, 0.15) is 18.0 Å². The zero-order chi connectivity index (χ0) is 17.9. The minimum absolute atomic E-state index is 0.249. The molecule has 0 aliphatic carbocycles. The van der Waals surface area contributed by atoms with Gasteiger partial charge in [0.15, 0.2) is 5.13 Å². The van der Waals surface area contributed by atoms with Gasteiger partial charge in [-0.15, -0.1) is 11.3 Å². The van der Waals surface area contributed by atoms with Crippen LogP contribution < -0.4 is 10.6 Å². The molecule has 0 amide bonds. The Labute approximate surface area is 153 Å². The summed E-state index contributed by atoms with van der Waals surface area (Å²) in [5, 5.41) is 13.5. The number of benzene rings is 1. The van der Waals surface area contributed by atoms with Crippen LogP contribution in [0.1, 0.15) is 5.69 Å². The summed E-state index contributed by atoms with van der Waals surface area (Å²) in [5.74, 6) is 1.17. The number of hydrogen-bond donors (Lipinski definition) is 2. The maximum atomic E-state index is 13.0. The minimum atomic E-state index is -0.249. The third-order valence-corrected chi connectivity index (χ3v) is 4.53. The van der Waals surface area contributed by atoms with Gasteiger partial charge in [-0.05, 0) is 31.2 Å². The second-order valence-electron chi connectivity index (χ2n) is 5.65. The first kappa shape index (κ1) is 16.4. The lowest BCUT2D eigenvalue weighted by molar-refractivity contribution is 0.628. The number of fused-ring (bicyclic) bond motifs is 1. The highest BCUT2D eigenvalue weighted by atomic mass is 32.1. The van der Waals surface area contributed by atoms with E-state index in [1.807, 2.05) is 18.4 Å². The Morgan fingerprint density at radius 1 is 1.12 bits per heavy atom. The SMILES string of the molecule is Cc1cc(NCCNc2nc(-c3ccc(F)cc3)cs2)n2ncnc2n1. The predicted octanol–water partition coefficient (Wildman–Crippen LogP) is 3.22. The number of thiazole rings is 1. The molecule has 0 spiro atoms. The Morgan fingerprint density at radius 2 is 1.92 bits per heavy atom. The number of hydrogen-bond acceptors (Lipinski definition) is 7. The van der Waals surface area contributed by atoms with Crippen molar-refractivity contribution in [1.82, 2.24) is 24.6 Å². The summed E-state index contributed by atoms with van der Waals surface area (Å²) in [6, 6.07) is 8.26. The van der Waals surface area contributed by atoms with Gasteiger partial charge in [-0.3, -0.25) is 0 Å². The van der Waals surface area contributed by atoms with Crippen LogP contribution in [0.4, 0.5) is 15.3 Å². The molecule has 0 aliphatic heterocycles. The van der Waals surface area contributed by atoms with Gasteiger partial charge in [0.25, 0.3) is 5.78 Å². The van der Waals surface area contributed by atoms with Crippen molar-refractivity contribution in [1.29, 1.82) is 0 Å². The molecule has 4 aromatic rings. The van der Waals surface area contributed by atoms with Crippen LogP contribution >= 0.6 is 11.3 Å². The zero-order valence-corrected chi connectivity index (χ0v) is 14.8. The van der Waals surface area contributed by atoms with Crippen LogP contribution in [0.2, 0.25) is 0 Å². The maximum absolute atomic E-state index is 13.0. The summed E-state index contributed by atoms with van der Waals surface area (Å²) < 4.78 is 14.7. The molecular weight excluding hydrogens is 353 g/mol. The molecule has 3 heterocycles. The highest BCUT2D eigenvalue weighted by Gasteiger charge is 2.06. The van der Waals surface area contributed by atoms with Crippen molar-refractivity contribution in [2.45, 2.75) is 6.92 Å². The van der Waals surface area contributed by atoms with E-state index in [0.717, 1.165) is 27.9 Å². The fraction of sp³-hybridized carbons (Fsp3) is 0.176. The largest absolute Gasteiger partial charge is 0.368 e. The van der Waals surface area contributed by atoms with Crippen LogP contribution in [0.25, 0.3) is 17.0 Å². The third kappa shape index (κ3) is 3.47. The molecule has 0 bridgehead atoms. The van der Waals surface area contributed by atoms with E-state index in [1.54, 1.807) is 16.6 Å². The molecule has 0 unspecified atom stereocenters. The molecule has 3 aromatic heterocycles. The summed E-state index contributed by atoms with van der Waals surface area (Å²) in [7, 11) is 0. The van der Waals surface area contributed by atoms with E-state index in [2.05, 4.69) is 30.7 Å². The molecule has 0 fully saturated rings. The van der Waals surface area contributed by atoms with Crippen molar-refractivity contribution in [3.05, 3.63) is 53.6 Å². The van der Waals surface area contributed by atoms with Gasteiger partial charge in [-0.2, -0.15) is 14.6 Å². The Kier molecular flexibility index (Phi) is 4.44. The van der Waals surface area contributed by atoms with E-state index in [0.29, 0.717) is 18.9 Å². The molecule has 4 rings (SSSR count). The van der Waals surface area contributed by atoms with Gasteiger partial charge in [-0.1, -0.05) is 0 Å². The highest BCUT2D eigenvalue weighted by Crippen LogP contribution is 2.24. The lowest BCUT2D eigenvalue weighted by Crippen LogP contribution is -2.16. The summed E-state index contributed by atoms with van der Waals surface area (Å²) in [5.41, 5.74) is 2.61. The number of aryl methyl sites for hydroxylation is 1. The standard InChI is InChI=1S/C17H16FN7S/c1-11-8-15(25-16(23-11)21-10-22-25)19-6-7-20-17-24-14(9-26-17)12-2-4-13(18)5-3-12/h2-5,8-10,19H,6-7H2,1H3,(H,20,24). The molecular formula is C17H16FN7S. The van der Waals surface area contributed by atoms with Crippen molar-refractivity contribution >= 4 is 28.1 Å². The van der Waals surface area contributed by atoms with Crippen molar-refractivity contribution in [2.24, 2.45) is 0 Å². The van der Waals surface area contributed by atoms with Crippen molar-refractivity contribution < 1.29 is 4.39 Å². The molecule has 9 heteroatoms. The van der Waals surface area contributed by atoms with Crippen molar-refractivity contribution in [3.8, 4) is 11.3 Å². The zero-order valence-electron chi connectivity index (χ0n) is 14.0. The average Bonchev–Trinajstić information content (AvgIpc) is 3.28. The quantitative estimate of drug-likeness (QED) is 0.508. The average molecular weight is 369 g/mol. The van der Waals surface area contributed by atoms with Gasteiger partial charge in [0.2, 0.25) is 0 Å². The van der Waals surface area contributed by atoms with E-state index in [1.165, 1.54) is 29.8 Å². The lowest BCUT2D eigenvalue weighted by Gasteiger charge is -2.09. The lowest BCUT2D eigenvalue weighted by atomic mass is 10.2. The summed E-state index contributed by atoms with van der Waals surface area (Å²) in [6.07, 6.45) is 1.48. The maximum Gasteiger partial charge on any atom is 0.254 e. The number of nitrogens with one attached hydrogen (secondary N) is 2. The Balaban J connectivity index is 1.35. The monoisotopic (exact) mass is 369 g/mol. The summed E-state index contributed by atoms with van der Waals surface area (Å²) >= 11 is 1.52. The molecule has 132 valence electrons. The molecule has 0 aliphatic rings. The van der Waals surface area contributed by atoms with Gasteiger partial charge in [-0.25, -0.2) is 14.4 Å². The number of halogens is 1. The highest BCUT2D eigenvalue weighted by molar-refractivity contribution is 7.14. The van der Waals surface area contributed by atoms with Crippen LogP contribution in [0, 0.1) is 12.7 Å². The smallest absolute Gasteiger partial charge is 0.254 e. The first-order valence-electron chi connectivity index (χ1n) is 8.05. The van der Waals surface area contributed by atoms with Crippen molar-refractivity contribution in [2.75, 3.05) is 23.7 Å². The predicted molar refractivity (Wildman–Crippen MR) is 100 cm³/mol. The first-order chi connectivity index (χ1) is 12.7. The fourth-order valence-corrected chi connectivity index (χ4v) is 3.27. The second-order valence-corrected chi connectivity index (χ2v) is 6.51. The second kappa shape index (κ2) is 7.04. The van der Waals surface area contributed by atoms with Gasteiger partial charge >= 0.3 is 0 Å². The van der Waals surface area contributed by atoms with Crippen LogP contribution in [-0.2, 0) is 0 Å². The van der Waals surface area contributed by atoms with E-state index in [-0.39, 0.29) is 5.82 Å². The van der Waals surface area contributed by atoms with Gasteiger partial charge in [0.05, 0.1) is 5.69 Å². The number of anilines is 2. The Hall–Kier alpha value is -3.07. The molecule has 26 heavy (non-hydrogen) atoms. The van der Waals surface area contributed by atoms with Crippen LogP contribution in [0.3, 0.4) is 0 Å². The molecule has 0 radical (unpaired) electrons. The Bertz CT molecular complexity index is 1030. The third-order valence-electron chi connectivity index (χ3n) is 3.73. The van der Waals surface area contributed by atoms with Gasteiger partial charge < -0.3 is 10.6 Å². The molecule has 0 saturated carbocycles. The number of aromatic nitrogens is 5. The molecule has 0 atom stereocenters.